The van der Waals surface area contributed by atoms with Crippen molar-refractivity contribution in [1.29, 1.82) is 0 Å². The molecule has 3 aromatic rings. The number of aryl methyl sites for hydroxylation is 2. The first-order valence-electron chi connectivity index (χ1n) is 7.64. The van der Waals surface area contributed by atoms with E-state index in [1.165, 1.54) is 0 Å². The Morgan fingerprint density at radius 2 is 1.91 bits per heavy atom. The molecule has 0 aromatic carbocycles. The van der Waals surface area contributed by atoms with E-state index in [1.54, 1.807) is 4.52 Å². The highest BCUT2D eigenvalue weighted by atomic mass is 16.5. The van der Waals surface area contributed by atoms with Crippen LogP contribution >= 0.6 is 0 Å². The van der Waals surface area contributed by atoms with Gasteiger partial charge in [0.25, 0.3) is 0 Å². The summed E-state index contributed by atoms with van der Waals surface area (Å²) in [6.07, 6.45) is 0. The van der Waals surface area contributed by atoms with Gasteiger partial charge in [0.2, 0.25) is 5.89 Å². The largest absolute Gasteiger partial charge is 0.353 e. The third kappa shape index (κ3) is 2.74. The Morgan fingerprint density at radius 1 is 1.09 bits per heavy atom. The van der Waals surface area contributed by atoms with Gasteiger partial charge in [0.05, 0.1) is 6.54 Å². The summed E-state index contributed by atoms with van der Waals surface area (Å²) in [6, 6.07) is 3.96. The Kier molecular flexibility index (Phi) is 3.41. The highest BCUT2D eigenvalue weighted by Crippen LogP contribution is 2.15. The predicted molar refractivity (Wildman–Crippen MR) is 82.0 cm³/mol. The highest BCUT2D eigenvalue weighted by Gasteiger charge is 2.20. The van der Waals surface area contributed by atoms with Crippen LogP contribution in [0.1, 0.15) is 17.5 Å². The Hall–Kier alpha value is -2.55. The van der Waals surface area contributed by atoms with Gasteiger partial charge < -0.3 is 9.42 Å². The van der Waals surface area contributed by atoms with Crippen LogP contribution in [0.4, 0.5) is 5.82 Å². The second kappa shape index (κ2) is 5.58. The van der Waals surface area contributed by atoms with E-state index < -0.39 is 0 Å². The first kappa shape index (κ1) is 14.1. The lowest BCUT2D eigenvalue weighted by Gasteiger charge is -2.34. The average Bonchev–Trinajstić information content (AvgIpc) is 3.14. The molecule has 0 aliphatic carbocycles. The molecule has 0 amide bonds. The third-order valence-corrected chi connectivity index (χ3v) is 4.04. The number of anilines is 1. The van der Waals surface area contributed by atoms with Crippen LogP contribution < -0.4 is 4.90 Å². The first-order valence-corrected chi connectivity index (χ1v) is 7.64. The zero-order valence-electron chi connectivity index (χ0n) is 13.2. The number of hydrogen-bond donors (Lipinski definition) is 0. The Balaban J connectivity index is 1.42. The summed E-state index contributed by atoms with van der Waals surface area (Å²) in [4.78, 5) is 8.85. The summed E-state index contributed by atoms with van der Waals surface area (Å²) < 4.78 is 6.80. The number of fused-ring (bicyclic) bond motifs is 1. The molecule has 9 nitrogen and oxygen atoms in total. The molecule has 0 N–H and O–H groups in total. The van der Waals surface area contributed by atoms with Crippen molar-refractivity contribution in [2.45, 2.75) is 20.4 Å². The van der Waals surface area contributed by atoms with E-state index in [4.69, 9.17) is 4.52 Å². The summed E-state index contributed by atoms with van der Waals surface area (Å²) in [6.45, 7) is 8.14. The molecule has 0 bridgehead atoms. The van der Waals surface area contributed by atoms with E-state index in [0.29, 0.717) is 5.89 Å². The fourth-order valence-corrected chi connectivity index (χ4v) is 2.80. The van der Waals surface area contributed by atoms with E-state index >= 15 is 0 Å². The van der Waals surface area contributed by atoms with Crippen LogP contribution in [0.15, 0.2) is 16.7 Å². The van der Waals surface area contributed by atoms with Crippen molar-refractivity contribution in [3.05, 3.63) is 29.7 Å². The van der Waals surface area contributed by atoms with E-state index in [0.717, 1.165) is 55.8 Å². The third-order valence-electron chi connectivity index (χ3n) is 4.04. The van der Waals surface area contributed by atoms with E-state index in [2.05, 4.69) is 35.2 Å². The fourth-order valence-electron chi connectivity index (χ4n) is 2.80. The van der Waals surface area contributed by atoms with Crippen molar-refractivity contribution in [1.82, 2.24) is 34.9 Å². The van der Waals surface area contributed by atoms with Crippen molar-refractivity contribution in [2.75, 3.05) is 31.1 Å². The molecular weight excluding hydrogens is 296 g/mol. The van der Waals surface area contributed by atoms with Gasteiger partial charge in [0.15, 0.2) is 17.3 Å². The maximum absolute atomic E-state index is 5.02. The van der Waals surface area contributed by atoms with Crippen molar-refractivity contribution in [2.24, 2.45) is 0 Å². The monoisotopic (exact) mass is 314 g/mol. The van der Waals surface area contributed by atoms with E-state index in [-0.39, 0.29) is 0 Å². The molecule has 1 aliphatic rings. The Morgan fingerprint density at radius 3 is 2.65 bits per heavy atom. The molecule has 0 unspecified atom stereocenters. The summed E-state index contributed by atoms with van der Waals surface area (Å²) in [5.41, 5.74) is 0.775. The van der Waals surface area contributed by atoms with Gasteiger partial charge in [-0.15, -0.1) is 15.3 Å². The summed E-state index contributed by atoms with van der Waals surface area (Å²) in [7, 11) is 0. The minimum absolute atomic E-state index is 0.612. The topological polar surface area (TPSA) is 88.5 Å². The molecule has 1 saturated heterocycles. The predicted octanol–water partition coefficient (Wildman–Crippen LogP) is 0.446. The lowest BCUT2D eigenvalue weighted by molar-refractivity contribution is 0.239. The second-order valence-corrected chi connectivity index (χ2v) is 5.70. The number of nitrogens with zero attached hydrogens (tertiary/aromatic N) is 8. The highest BCUT2D eigenvalue weighted by molar-refractivity contribution is 5.46. The van der Waals surface area contributed by atoms with Gasteiger partial charge in [-0.05, 0) is 19.1 Å². The number of piperazine rings is 1. The van der Waals surface area contributed by atoms with Gasteiger partial charge >= 0.3 is 0 Å². The molecule has 23 heavy (non-hydrogen) atoms. The maximum Gasteiger partial charge on any atom is 0.223 e. The van der Waals surface area contributed by atoms with Gasteiger partial charge in [-0.25, -0.2) is 0 Å². The molecule has 0 atom stereocenters. The van der Waals surface area contributed by atoms with Gasteiger partial charge in [0.1, 0.15) is 5.82 Å². The zero-order chi connectivity index (χ0) is 15.8. The first-order chi connectivity index (χ1) is 11.2. The molecule has 3 aromatic heterocycles. The van der Waals surface area contributed by atoms with Crippen LogP contribution in [0.25, 0.3) is 5.65 Å². The lowest BCUT2D eigenvalue weighted by Crippen LogP contribution is -2.46. The van der Waals surface area contributed by atoms with E-state index in [9.17, 15) is 0 Å². The minimum atomic E-state index is 0.612. The van der Waals surface area contributed by atoms with Gasteiger partial charge in [0, 0.05) is 33.1 Å². The van der Waals surface area contributed by atoms with Crippen LogP contribution in [0, 0.1) is 13.8 Å². The van der Waals surface area contributed by atoms with Crippen LogP contribution in [0.5, 0.6) is 0 Å². The molecule has 0 saturated carbocycles. The molecule has 4 rings (SSSR count). The van der Waals surface area contributed by atoms with Gasteiger partial charge in [-0.1, -0.05) is 5.16 Å². The van der Waals surface area contributed by atoms with Crippen molar-refractivity contribution < 1.29 is 4.52 Å². The average molecular weight is 314 g/mol. The Labute approximate surface area is 132 Å². The summed E-state index contributed by atoms with van der Waals surface area (Å²) >= 11 is 0. The maximum atomic E-state index is 5.02. The molecule has 1 fully saturated rings. The summed E-state index contributed by atoms with van der Waals surface area (Å²) in [5, 5.41) is 16.7. The van der Waals surface area contributed by atoms with Crippen LogP contribution in [0.3, 0.4) is 0 Å². The molecule has 0 spiro atoms. The smallest absolute Gasteiger partial charge is 0.223 e. The molecule has 9 heteroatoms. The standard InChI is InChI=1S/C14H18N8O/c1-10-16-17-13-3-4-14(18-22(10)13)21-7-5-20(6-8-21)9-12-15-11(2)23-19-12/h3-4H,5-9H2,1-2H3. The second-order valence-electron chi connectivity index (χ2n) is 5.70. The minimum Gasteiger partial charge on any atom is -0.353 e. The van der Waals surface area contributed by atoms with E-state index in [1.807, 2.05) is 26.0 Å². The molecule has 4 heterocycles. The SMILES string of the molecule is Cc1nc(CN2CCN(c3ccc4nnc(C)n4n3)CC2)no1. The van der Waals surface area contributed by atoms with Gasteiger partial charge in [-0.2, -0.15) is 9.50 Å². The summed E-state index contributed by atoms with van der Waals surface area (Å²) in [5.74, 6) is 3.11. The quantitative estimate of drug-likeness (QED) is 0.688. The fraction of sp³-hybridized carbons (Fsp3) is 0.500. The Bertz CT molecular complexity index is 817. The molecular formula is C14H18N8O. The van der Waals surface area contributed by atoms with Crippen LogP contribution in [-0.4, -0.2) is 61.0 Å². The lowest BCUT2D eigenvalue weighted by atomic mass is 10.3. The number of aromatic nitrogens is 6. The zero-order valence-corrected chi connectivity index (χ0v) is 13.2. The van der Waals surface area contributed by atoms with Gasteiger partial charge in [-0.3, -0.25) is 4.90 Å². The normalized spacial score (nSPS) is 16.3. The van der Waals surface area contributed by atoms with Crippen molar-refractivity contribution in [3.8, 4) is 0 Å². The number of hydrogen-bond acceptors (Lipinski definition) is 8. The van der Waals surface area contributed by atoms with Crippen molar-refractivity contribution >= 4 is 11.5 Å². The number of rotatable bonds is 3. The van der Waals surface area contributed by atoms with Crippen molar-refractivity contribution in [3.63, 3.8) is 0 Å². The molecule has 0 radical (unpaired) electrons. The van der Waals surface area contributed by atoms with Crippen LogP contribution in [0.2, 0.25) is 0 Å². The molecule has 1 aliphatic heterocycles. The van der Waals surface area contributed by atoms with Crippen LogP contribution in [-0.2, 0) is 6.54 Å². The molecule has 120 valence electrons.